The number of nitrogens with two attached hydrogens (primary N) is 1. The molecule has 0 unspecified atom stereocenters. The van der Waals surface area contributed by atoms with Gasteiger partial charge in [-0.3, -0.25) is 4.79 Å². The number of benzene rings is 1. The second-order valence-electron chi connectivity index (χ2n) is 3.97. The number of nitrogens with zero attached hydrogens (tertiary/aromatic N) is 2. The lowest BCUT2D eigenvalue weighted by Gasteiger charge is -2.05. The fourth-order valence-electron chi connectivity index (χ4n) is 1.54. The first kappa shape index (κ1) is 13.0. The van der Waals surface area contributed by atoms with E-state index >= 15 is 0 Å². The molecule has 98 valence electrons. The van der Waals surface area contributed by atoms with E-state index in [2.05, 4.69) is 15.5 Å². The van der Waals surface area contributed by atoms with Crippen molar-refractivity contribution in [3.8, 4) is 0 Å². The standard InChI is InChI=1S/C13H14N4O2/c14-12-6-5-11(16-17-12)13(19)15-10-3-1-9(2-4-10)7-8-18/h1-6,18H,7-8H2,(H2,14,17)(H,15,19). The normalized spacial score (nSPS) is 10.2. The SMILES string of the molecule is Nc1ccc(C(=O)Nc2ccc(CCO)cc2)nn1. The zero-order chi connectivity index (χ0) is 13.7. The van der Waals surface area contributed by atoms with Gasteiger partial charge in [0.25, 0.3) is 5.91 Å². The van der Waals surface area contributed by atoms with Gasteiger partial charge in [-0.05, 0) is 36.2 Å². The van der Waals surface area contributed by atoms with Crippen LogP contribution >= 0.6 is 0 Å². The van der Waals surface area contributed by atoms with Crippen molar-refractivity contribution in [1.82, 2.24) is 10.2 Å². The lowest BCUT2D eigenvalue weighted by Crippen LogP contribution is -2.14. The predicted octanol–water partition coefficient (Wildman–Crippen LogP) is 0.846. The van der Waals surface area contributed by atoms with Crippen molar-refractivity contribution >= 4 is 17.4 Å². The minimum Gasteiger partial charge on any atom is -0.396 e. The van der Waals surface area contributed by atoms with E-state index in [1.54, 1.807) is 12.1 Å². The number of carbonyl (C=O) groups excluding carboxylic acids is 1. The average molecular weight is 258 g/mol. The van der Waals surface area contributed by atoms with Crippen molar-refractivity contribution in [3.63, 3.8) is 0 Å². The predicted molar refractivity (Wildman–Crippen MR) is 71.6 cm³/mol. The maximum atomic E-state index is 11.8. The number of nitrogens with one attached hydrogen (secondary N) is 1. The first-order valence-electron chi connectivity index (χ1n) is 5.79. The summed E-state index contributed by atoms with van der Waals surface area (Å²) in [6, 6.07) is 10.3. The molecular weight excluding hydrogens is 244 g/mol. The van der Waals surface area contributed by atoms with Gasteiger partial charge in [0.1, 0.15) is 5.82 Å². The summed E-state index contributed by atoms with van der Waals surface area (Å²) in [7, 11) is 0. The lowest BCUT2D eigenvalue weighted by molar-refractivity contribution is 0.102. The summed E-state index contributed by atoms with van der Waals surface area (Å²) in [5.41, 5.74) is 7.27. The summed E-state index contributed by atoms with van der Waals surface area (Å²) in [5, 5.41) is 18.8. The van der Waals surface area contributed by atoms with Crippen molar-refractivity contribution in [1.29, 1.82) is 0 Å². The van der Waals surface area contributed by atoms with Crippen LogP contribution in [0.2, 0.25) is 0 Å². The number of nitrogen functional groups attached to an aromatic ring is 1. The van der Waals surface area contributed by atoms with Crippen LogP contribution in [-0.4, -0.2) is 27.8 Å². The minimum absolute atomic E-state index is 0.104. The molecule has 0 fully saturated rings. The summed E-state index contributed by atoms with van der Waals surface area (Å²) in [4.78, 5) is 11.8. The second kappa shape index (κ2) is 5.92. The molecular formula is C13H14N4O2. The van der Waals surface area contributed by atoms with Crippen molar-refractivity contribution in [3.05, 3.63) is 47.7 Å². The van der Waals surface area contributed by atoms with Crippen molar-refractivity contribution in [2.24, 2.45) is 0 Å². The third-order valence-corrected chi connectivity index (χ3v) is 2.53. The molecule has 0 saturated heterocycles. The molecule has 0 spiro atoms. The first-order chi connectivity index (χ1) is 9.19. The van der Waals surface area contributed by atoms with Gasteiger partial charge in [-0.25, -0.2) is 0 Å². The van der Waals surface area contributed by atoms with Gasteiger partial charge in [0.15, 0.2) is 5.69 Å². The Morgan fingerprint density at radius 2 is 1.89 bits per heavy atom. The van der Waals surface area contributed by atoms with Crippen molar-refractivity contribution in [2.75, 3.05) is 17.7 Å². The van der Waals surface area contributed by atoms with Crippen LogP contribution in [0.3, 0.4) is 0 Å². The quantitative estimate of drug-likeness (QED) is 0.754. The molecule has 0 bridgehead atoms. The Bertz CT molecular complexity index is 552. The van der Waals surface area contributed by atoms with E-state index in [1.165, 1.54) is 12.1 Å². The monoisotopic (exact) mass is 258 g/mol. The van der Waals surface area contributed by atoms with Crippen molar-refractivity contribution < 1.29 is 9.90 Å². The molecule has 0 aliphatic heterocycles. The van der Waals surface area contributed by atoms with E-state index in [-0.39, 0.29) is 24.0 Å². The van der Waals surface area contributed by atoms with Crippen LogP contribution < -0.4 is 11.1 Å². The number of anilines is 2. The van der Waals surface area contributed by atoms with Crippen LogP contribution in [0.4, 0.5) is 11.5 Å². The fourth-order valence-corrected chi connectivity index (χ4v) is 1.54. The molecule has 1 aromatic carbocycles. The number of hydrogen-bond acceptors (Lipinski definition) is 5. The topological polar surface area (TPSA) is 101 Å². The molecule has 0 saturated carbocycles. The highest BCUT2D eigenvalue weighted by Gasteiger charge is 2.08. The largest absolute Gasteiger partial charge is 0.396 e. The maximum absolute atomic E-state index is 11.8. The maximum Gasteiger partial charge on any atom is 0.276 e. The van der Waals surface area contributed by atoms with E-state index in [4.69, 9.17) is 10.8 Å². The molecule has 0 aliphatic carbocycles. The van der Waals surface area contributed by atoms with Gasteiger partial charge in [0.2, 0.25) is 0 Å². The lowest BCUT2D eigenvalue weighted by atomic mass is 10.1. The second-order valence-corrected chi connectivity index (χ2v) is 3.97. The van der Waals surface area contributed by atoms with Gasteiger partial charge < -0.3 is 16.2 Å². The van der Waals surface area contributed by atoms with Gasteiger partial charge in [0, 0.05) is 12.3 Å². The summed E-state index contributed by atoms with van der Waals surface area (Å²) in [5.74, 6) is -0.0766. The summed E-state index contributed by atoms with van der Waals surface area (Å²) < 4.78 is 0. The molecule has 0 radical (unpaired) electrons. The first-order valence-corrected chi connectivity index (χ1v) is 5.79. The Balaban J connectivity index is 2.04. The van der Waals surface area contributed by atoms with Crippen molar-refractivity contribution in [2.45, 2.75) is 6.42 Å². The van der Waals surface area contributed by atoms with E-state index < -0.39 is 0 Å². The average Bonchev–Trinajstić information content (AvgIpc) is 2.42. The number of hydrogen-bond donors (Lipinski definition) is 3. The molecule has 2 aromatic rings. The fraction of sp³-hybridized carbons (Fsp3) is 0.154. The minimum atomic E-state index is -0.345. The van der Waals surface area contributed by atoms with Gasteiger partial charge in [0.05, 0.1) is 0 Å². The van der Waals surface area contributed by atoms with Crippen LogP contribution in [0.1, 0.15) is 16.1 Å². The zero-order valence-corrected chi connectivity index (χ0v) is 10.2. The number of aliphatic hydroxyl groups is 1. The highest BCUT2D eigenvalue weighted by atomic mass is 16.2. The summed E-state index contributed by atoms with van der Waals surface area (Å²) >= 11 is 0. The van der Waals surface area contributed by atoms with Gasteiger partial charge in [-0.1, -0.05) is 12.1 Å². The third kappa shape index (κ3) is 3.49. The van der Waals surface area contributed by atoms with E-state index in [1.807, 2.05) is 12.1 Å². The molecule has 0 aliphatic rings. The van der Waals surface area contributed by atoms with E-state index in [0.29, 0.717) is 12.1 Å². The van der Waals surface area contributed by atoms with Crippen LogP contribution in [0.25, 0.3) is 0 Å². The van der Waals surface area contributed by atoms with Gasteiger partial charge in [-0.2, -0.15) is 0 Å². The van der Waals surface area contributed by atoms with Crippen LogP contribution in [0, 0.1) is 0 Å². The number of carbonyl (C=O) groups is 1. The third-order valence-electron chi connectivity index (χ3n) is 2.53. The van der Waals surface area contributed by atoms with Gasteiger partial charge >= 0.3 is 0 Å². The Kier molecular flexibility index (Phi) is 4.04. The highest BCUT2D eigenvalue weighted by molar-refractivity contribution is 6.02. The van der Waals surface area contributed by atoms with Crippen LogP contribution in [0.15, 0.2) is 36.4 Å². The number of aliphatic hydroxyl groups excluding tert-OH is 1. The van der Waals surface area contributed by atoms with E-state index in [0.717, 1.165) is 5.56 Å². The Labute approximate surface area is 110 Å². The molecule has 19 heavy (non-hydrogen) atoms. The molecule has 0 atom stereocenters. The Morgan fingerprint density at radius 1 is 1.16 bits per heavy atom. The Morgan fingerprint density at radius 3 is 2.47 bits per heavy atom. The molecule has 4 N–H and O–H groups in total. The number of rotatable bonds is 4. The molecule has 6 nitrogen and oxygen atoms in total. The summed E-state index contributed by atoms with van der Waals surface area (Å²) in [6.07, 6.45) is 0.595. The molecule has 1 amide bonds. The molecule has 6 heteroatoms. The Hall–Kier alpha value is -2.47. The van der Waals surface area contributed by atoms with Crippen LogP contribution in [-0.2, 0) is 6.42 Å². The smallest absolute Gasteiger partial charge is 0.276 e. The molecule has 1 aromatic heterocycles. The summed E-state index contributed by atoms with van der Waals surface area (Å²) in [6.45, 7) is 0.104. The van der Waals surface area contributed by atoms with Gasteiger partial charge in [-0.15, -0.1) is 10.2 Å². The number of amides is 1. The molecule has 2 rings (SSSR count). The zero-order valence-electron chi connectivity index (χ0n) is 10.2. The van der Waals surface area contributed by atoms with E-state index in [9.17, 15) is 4.79 Å². The number of aromatic nitrogens is 2. The highest BCUT2D eigenvalue weighted by Crippen LogP contribution is 2.11. The van der Waals surface area contributed by atoms with Crippen LogP contribution in [0.5, 0.6) is 0 Å². The molecule has 1 heterocycles.